The average molecular weight is 641 g/mol. The summed E-state index contributed by atoms with van der Waals surface area (Å²) in [7, 11) is 0. The van der Waals surface area contributed by atoms with E-state index in [2.05, 4.69) is 56.5 Å². The molecule has 0 bridgehead atoms. The van der Waals surface area contributed by atoms with Crippen LogP contribution in [0.5, 0.6) is 0 Å². The first kappa shape index (κ1) is 34.9. The van der Waals surface area contributed by atoms with E-state index in [0.29, 0.717) is 17.1 Å². The number of carbonyl (C=O) groups is 6. The van der Waals surface area contributed by atoms with Crippen molar-refractivity contribution in [3.63, 3.8) is 0 Å². The molecule has 0 unspecified atom stereocenters. The summed E-state index contributed by atoms with van der Waals surface area (Å²) < 4.78 is 0. The molecule has 46 heavy (non-hydrogen) atoms. The highest BCUT2D eigenvalue weighted by molar-refractivity contribution is 5.96. The zero-order valence-corrected chi connectivity index (χ0v) is 25.9. The molecule has 0 aromatic carbocycles. The third-order valence-electron chi connectivity index (χ3n) is 6.92. The van der Waals surface area contributed by atoms with Gasteiger partial charge in [-0.3, -0.25) is 28.8 Å². The fourth-order valence-electron chi connectivity index (χ4n) is 4.46. The van der Waals surface area contributed by atoms with Gasteiger partial charge in [0, 0.05) is 61.9 Å². The molecule has 0 radical (unpaired) electrons. The molecule has 3 heterocycles. The highest BCUT2D eigenvalue weighted by Gasteiger charge is 2.33. The number of hydrogen-bond acceptors (Lipinski definition) is 9. The Hall–Kier alpha value is -5.55. The molecule has 3 aromatic heterocycles. The van der Waals surface area contributed by atoms with Crippen LogP contribution in [0.25, 0.3) is 0 Å². The maximum absolute atomic E-state index is 13.6. The Morgan fingerprint density at radius 1 is 0.630 bits per heavy atom. The number of primary amides is 1. The highest BCUT2D eigenvalue weighted by Crippen LogP contribution is 2.08. The number of imidazole rings is 3. The van der Waals surface area contributed by atoms with E-state index in [4.69, 9.17) is 5.73 Å². The second kappa shape index (κ2) is 16.5. The number of aromatic amines is 3. The lowest BCUT2D eigenvalue weighted by Gasteiger charge is -2.27. The van der Waals surface area contributed by atoms with Gasteiger partial charge in [0.15, 0.2) is 0 Å². The summed E-state index contributed by atoms with van der Waals surface area (Å²) in [6.07, 6.45) is 8.88. The molecular weight excluding hydrogens is 600 g/mol. The molecule has 0 saturated heterocycles. The first-order chi connectivity index (χ1) is 21.8. The molecule has 6 amide bonds. The Bertz CT molecular complexity index is 1460. The molecule has 0 aliphatic rings. The fourth-order valence-corrected chi connectivity index (χ4v) is 4.46. The van der Waals surface area contributed by atoms with Gasteiger partial charge < -0.3 is 47.3 Å². The van der Waals surface area contributed by atoms with Gasteiger partial charge in [0.2, 0.25) is 35.4 Å². The van der Waals surface area contributed by atoms with Crippen molar-refractivity contribution in [3.8, 4) is 0 Å². The Morgan fingerprint density at radius 2 is 1.07 bits per heavy atom. The monoisotopic (exact) mass is 640 g/mol. The summed E-state index contributed by atoms with van der Waals surface area (Å²) >= 11 is 0. The molecule has 3 aromatic rings. The van der Waals surface area contributed by atoms with Crippen molar-refractivity contribution in [2.45, 2.75) is 77.2 Å². The van der Waals surface area contributed by atoms with E-state index in [1.807, 2.05) is 0 Å². The third kappa shape index (κ3) is 10.6. The fraction of sp³-hybridized carbons (Fsp3) is 0.464. The minimum atomic E-state index is -1.20. The molecule has 0 aliphatic carbocycles. The molecule has 0 saturated carbocycles. The Kier molecular flexibility index (Phi) is 12.5. The number of aromatic nitrogens is 6. The molecule has 5 atom stereocenters. The van der Waals surface area contributed by atoms with Crippen LogP contribution < -0.4 is 32.3 Å². The summed E-state index contributed by atoms with van der Waals surface area (Å²) in [5.41, 5.74) is 7.19. The van der Waals surface area contributed by atoms with E-state index in [1.54, 1.807) is 13.8 Å². The van der Waals surface area contributed by atoms with Crippen LogP contribution in [0.2, 0.25) is 0 Å². The SMILES string of the molecule is CC(=O)N[C@@H](Cc1cnc[nH]1)C(=O)N[C@@H](C)C(=O)N[C@@H](Cc1cnc[nH]1)C(=O)N[C@H](C(=O)N[C@@H](Cc1cnc[nH]1)C(N)=O)C(C)C. The lowest BCUT2D eigenvalue weighted by atomic mass is 10.0. The van der Waals surface area contributed by atoms with Crippen molar-refractivity contribution in [1.82, 2.24) is 56.5 Å². The van der Waals surface area contributed by atoms with E-state index in [0.717, 1.165) is 0 Å². The smallest absolute Gasteiger partial charge is 0.243 e. The number of amides is 6. The van der Waals surface area contributed by atoms with Crippen molar-refractivity contribution in [2.75, 3.05) is 0 Å². The van der Waals surface area contributed by atoms with E-state index in [-0.39, 0.29) is 19.3 Å². The van der Waals surface area contributed by atoms with Crippen LogP contribution in [-0.2, 0) is 48.0 Å². The van der Waals surface area contributed by atoms with E-state index in [9.17, 15) is 28.8 Å². The highest BCUT2D eigenvalue weighted by atomic mass is 16.2. The van der Waals surface area contributed by atoms with Crippen molar-refractivity contribution >= 4 is 35.4 Å². The van der Waals surface area contributed by atoms with Gasteiger partial charge in [-0.15, -0.1) is 0 Å². The van der Waals surface area contributed by atoms with Crippen molar-refractivity contribution in [3.05, 3.63) is 54.7 Å². The summed E-state index contributed by atoms with van der Waals surface area (Å²) in [4.78, 5) is 97.2. The van der Waals surface area contributed by atoms with Gasteiger partial charge in [0.25, 0.3) is 0 Å². The predicted molar refractivity (Wildman–Crippen MR) is 162 cm³/mol. The largest absolute Gasteiger partial charge is 0.368 e. The number of nitrogens with two attached hydrogens (primary N) is 1. The first-order valence-corrected chi connectivity index (χ1v) is 14.5. The first-order valence-electron chi connectivity index (χ1n) is 14.5. The molecule has 3 rings (SSSR count). The van der Waals surface area contributed by atoms with Gasteiger partial charge in [-0.2, -0.15) is 0 Å². The van der Waals surface area contributed by atoms with Crippen LogP contribution in [0.4, 0.5) is 0 Å². The van der Waals surface area contributed by atoms with Crippen LogP contribution in [0.1, 0.15) is 44.8 Å². The standard InChI is InChI=1S/C28H40N12O6/c1-14(2)23(28(46)38-20(24(29)42)5-17-8-30-11-33-17)40-27(45)22(7-19-10-32-13-35-19)39-25(43)15(3)36-26(44)21(37-16(4)41)6-18-9-31-12-34-18/h8-15,20-23H,5-7H2,1-4H3,(H2,29,42)(H,30,33)(H,31,34)(H,32,35)(H,36,44)(H,37,41)(H,38,46)(H,39,43)(H,40,45)/t15-,20-,21-,22-,23-/m0/s1. The van der Waals surface area contributed by atoms with Crippen molar-refractivity contribution in [1.29, 1.82) is 0 Å². The van der Waals surface area contributed by atoms with Crippen molar-refractivity contribution < 1.29 is 28.8 Å². The van der Waals surface area contributed by atoms with Crippen LogP contribution >= 0.6 is 0 Å². The van der Waals surface area contributed by atoms with Crippen LogP contribution in [0.15, 0.2) is 37.6 Å². The quantitative estimate of drug-likeness (QED) is 0.0752. The lowest BCUT2D eigenvalue weighted by Crippen LogP contribution is -2.60. The number of nitrogens with zero attached hydrogens (tertiary/aromatic N) is 3. The van der Waals surface area contributed by atoms with E-state index >= 15 is 0 Å². The Balaban J connectivity index is 1.70. The molecule has 18 nitrogen and oxygen atoms in total. The van der Waals surface area contributed by atoms with E-state index < -0.39 is 71.6 Å². The third-order valence-corrected chi connectivity index (χ3v) is 6.92. The second-order valence-corrected chi connectivity index (χ2v) is 11.1. The molecular formula is C28H40N12O6. The van der Waals surface area contributed by atoms with Crippen LogP contribution in [0, 0.1) is 5.92 Å². The van der Waals surface area contributed by atoms with Crippen molar-refractivity contribution in [2.24, 2.45) is 11.7 Å². The van der Waals surface area contributed by atoms with Gasteiger partial charge in [-0.1, -0.05) is 13.8 Å². The predicted octanol–water partition coefficient (Wildman–Crippen LogP) is -2.51. The number of rotatable bonds is 17. The molecule has 0 aliphatic heterocycles. The van der Waals surface area contributed by atoms with Gasteiger partial charge in [0.05, 0.1) is 19.0 Å². The lowest BCUT2D eigenvalue weighted by molar-refractivity contribution is -0.135. The topological polar surface area (TPSA) is 275 Å². The number of hydrogen-bond donors (Lipinski definition) is 9. The van der Waals surface area contributed by atoms with Crippen LogP contribution in [-0.4, -0.2) is 95.6 Å². The number of H-pyrrole nitrogens is 3. The normalized spacial score (nSPS) is 14.3. The maximum Gasteiger partial charge on any atom is 0.243 e. The molecule has 18 heteroatoms. The minimum Gasteiger partial charge on any atom is -0.368 e. The summed E-state index contributed by atoms with van der Waals surface area (Å²) in [6, 6.07) is -5.50. The number of carbonyl (C=O) groups excluding carboxylic acids is 6. The molecule has 0 spiro atoms. The molecule has 0 fully saturated rings. The second-order valence-electron chi connectivity index (χ2n) is 11.1. The zero-order valence-electron chi connectivity index (χ0n) is 25.9. The van der Waals surface area contributed by atoms with E-state index in [1.165, 1.54) is 51.4 Å². The van der Waals surface area contributed by atoms with Gasteiger partial charge in [-0.05, 0) is 12.8 Å². The summed E-state index contributed by atoms with van der Waals surface area (Å²) in [5.74, 6) is -4.32. The zero-order chi connectivity index (χ0) is 33.8. The summed E-state index contributed by atoms with van der Waals surface area (Å²) in [6.45, 7) is 6.09. The molecule has 10 N–H and O–H groups in total. The van der Waals surface area contributed by atoms with Gasteiger partial charge >= 0.3 is 0 Å². The maximum atomic E-state index is 13.6. The van der Waals surface area contributed by atoms with Gasteiger partial charge in [-0.25, -0.2) is 15.0 Å². The number of nitrogens with one attached hydrogen (secondary N) is 8. The van der Waals surface area contributed by atoms with Crippen LogP contribution in [0.3, 0.4) is 0 Å². The Labute approximate surface area is 264 Å². The average Bonchev–Trinajstić information content (AvgIpc) is 3.79. The minimum absolute atomic E-state index is 0.0250. The molecule has 248 valence electrons. The summed E-state index contributed by atoms with van der Waals surface area (Å²) in [5, 5.41) is 13.0. The van der Waals surface area contributed by atoms with Gasteiger partial charge in [0.1, 0.15) is 30.2 Å². The Morgan fingerprint density at radius 3 is 1.48 bits per heavy atom.